The number of hydrogen-bond acceptors (Lipinski definition) is 6. The first kappa shape index (κ1) is 16.8. The van der Waals surface area contributed by atoms with Crippen LogP contribution in [0.5, 0.6) is 0 Å². The Morgan fingerprint density at radius 2 is 1.78 bits per heavy atom. The van der Waals surface area contributed by atoms with Crippen LogP contribution in [0.3, 0.4) is 0 Å². The number of aromatic nitrogens is 4. The SMILES string of the molecule is CC(Nc1ncnc2[nH]nc(NCc3ccc(N)cc3)c12)c1ccccc1. The van der Waals surface area contributed by atoms with Gasteiger partial charge in [0.1, 0.15) is 17.5 Å². The highest BCUT2D eigenvalue weighted by Crippen LogP contribution is 2.28. The van der Waals surface area contributed by atoms with Crippen LogP contribution in [0.1, 0.15) is 24.1 Å². The van der Waals surface area contributed by atoms with Crippen molar-refractivity contribution < 1.29 is 0 Å². The van der Waals surface area contributed by atoms with Crippen LogP contribution in [0, 0.1) is 0 Å². The molecule has 0 saturated carbocycles. The average Bonchev–Trinajstić information content (AvgIpc) is 3.12. The summed E-state index contributed by atoms with van der Waals surface area (Å²) in [6, 6.07) is 18.1. The summed E-state index contributed by atoms with van der Waals surface area (Å²) in [5, 5.41) is 15.0. The zero-order valence-corrected chi connectivity index (χ0v) is 15.0. The molecule has 0 fully saturated rings. The monoisotopic (exact) mass is 359 g/mol. The van der Waals surface area contributed by atoms with Gasteiger partial charge >= 0.3 is 0 Å². The molecule has 0 saturated heterocycles. The fraction of sp³-hybridized carbons (Fsp3) is 0.150. The van der Waals surface area contributed by atoms with Gasteiger partial charge in [0.25, 0.3) is 0 Å². The number of nitrogens with one attached hydrogen (secondary N) is 3. The quantitative estimate of drug-likeness (QED) is 0.391. The van der Waals surface area contributed by atoms with Crippen molar-refractivity contribution in [3.8, 4) is 0 Å². The second-order valence-electron chi connectivity index (χ2n) is 6.39. The molecule has 0 aliphatic rings. The summed E-state index contributed by atoms with van der Waals surface area (Å²) < 4.78 is 0. The molecule has 136 valence electrons. The molecule has 2 heterocycles. The van der Waals surface area contributed by atoms with E-state index in [1.54, 1.807) is 0 Å². The van der Waals surface area contributed by atoms with Crippen LogP contribution >= 0.6 is 0 Å². The smallest absolute Gasteiger partial charge is 0.162 e. The van der Waals surface area contributed by atoms with Crippen molar-refractivity contribution in [2.45, 2.75) is 19.5 Å². The van der Waals surface area contributed by atoms with Gasteiger partial charge in [-0.15, -0.1) is 0 Å². The number of hydrogen-bond donors (Lipinski definition) is 4. The van der Waals surface area contributed by atoms with Gasteiger partial charge in [-0.2, -0.15) is 5.10 Å². The third-order valence-corrected chi connectivity index (χ3v) is 4.45. The maximum atomic E-state index is 5.74. The van der Waals surface area contributed by atoms with E-state index in [-0.39, 0.29) is 6.04 Å². The minimum Gasteiger partial charge on any atom is -0.399 e. The summed E-state index contributed by atoms with van der Waals surface area (Å²) in [4.78, 5) is 8.72. The van der Waals surface area contributed by atoms with Gasteiger partial charge in [-0.3, -0.25) is 5.10 Å². The predicted octanol–water partition coefficient (Wildman–Crippen LogP) is 3.72. The summed E-state index contributed by atoms with van der Waals surface area (Å²) in [5.41, 5.74) is 9.48. The third kappa shape index (κ3) is 3.67. The average molecular weight is 359 g/mol. The van der Waals surface area contributed by atoms with Crippen molar-refractivity contribution in [1.82, 2.24) is 20.2 Å². The molecule has 4 aromatic rings. The molecule has 2 aromatic carbocycles. The van der Waals surface area contributed by atoms with Crippen molar-refractivity contribution in [1.29, 1.82) is 0 Å². The van der Waals surface area contributed by atoms with E-state index < -0.39 is 0 Å². The van der Waals surface area contributed by atoms with Gasteiger partial charge in [-0.1, -0.05) is 42.5 Å². The number of anilines is 3. The molecule has 27 heavy (non-hydrogen) atoms. The highest BCUT2D eigenvalue weighted by molar-refractivity contribution is 5.96. The van der Waals surface area contributed by atoms with Crippen molar-refractivity contribution in [2.24, 2.45) is 0 Å². The summed E-state index contributed by atoms with van der Waals surface area (Å²) in [7, 11) is 0. The van der Waals surface area contributed by atoms with Crippen molar-refractivity contribution >= 4 is 28.4 Å². The number of aromatic amines is 1. The number of benzene rings is 2. The lowest BCUT2D eigenvalue weighted by Crippen LogP contribution is -2.09. The van der Waals surface area contributed by atoms with Crippen LogP contribution in [-0.2, 0) is 6.54 Å². The first-order valence-electron chi connectivity index (χ1n) is 8.79. The Hall–Kier alpha value is -3.61. The zero-order chi connectivity index (χ0) is 18.6. The first-order chi connectivity index (χ1) is 13.2. The largest absolute Gasteiger partial charge is 0.399 e. The minimum absolute atomic E-state index is 0.101. The number of rotatable bonds is 6. The van der Waals surface area contributed by atoms with Gasteiger partial charge in [0.2, 0.25) is 0 Å². The topological polar surface area (TPSA) is 105 Å². The van der Waals surface area contributed by atoms with Crippen LogP contribution in [0.4, 0.5) is 17.3 Å². The van der Waals surface area contributed by atoms with Crippen LogP contribution in [0.2, 0.25) is 0 Å². The van der Waals surface area contributed by atoms with Crippen LogP contribution < -0.4 is 16.4 Å². The lowest BCUT2D eigenvalue weighted by Gasteiger charge is -2.15. The number of nitrogen functional groups attached to an aromatic ring is 1. The lowest BCUT2D eigenvalue weighted by molar-refractivity contribution is 0.876. The van der Waals surface area contributed by atoms with Gasteiger partial charge < -0.3 is 16.4 Å². The van der Waals surface area contributed by atoms with E-state index in [0.29, 0.717) is 18.0 Å². The summed E-state index contributed by atoms with van der Waals surface area (Å²) >= 11 is 0. The van der Waals surface area contributed by atoms with E-state index in [1.165, 1.54) is 11.9 Å². The Balaban J connectivity index is 1.58. The normalized spacial score (nSPS) is 12.0. The molecule has 7 nitrogen and oxygen atoms in total. The fourth-order valence-electron chi connectivity index (χ4n) is 2.95. The Morgan fingerprint density at radius 3 is 2.56 bits per heavy atom. The van der Waals surface area contributed by atoms with Gasteiger partial charge in [-0.25, -0.2) is 9.97 Å². The van der Waals surface area contributed by atoms with Crippen molar-refractivity contribution in [3.05, 3.63) is 72.1 Å². The maximum absolute atomic E-state index is 5.74. The Kier molecular flexibility index (Phi) is 4.57. The Labute approximate surface area is 157 Å². The van der Waals surface area contributed by atoms with E-state index in [2.05, 4.69) is 49.9 Å². The summed E-state index contributed by atoms with van der Waals surface area (Å²) in [5.74, 6) is 1.45. The molecule has 0 aliphatic carbocycles. The molecule has 0 radical (unpaired) electrons. The summed E-state index contributed by atoms with van der Waals surface area (Å²) in [6.45, 7) is 2.73. The van der Waals surface area contributed by atoms with E-state index in [9.17, 15) is 0 Å². The maximum Gasteiger partial charge on any atom is 0.162 e. The molecule has 4 rings (SSSR count). The number of fused-ring (bicyclic) bond motifs is 1. The van der Waals surface area contributed by atoms with Crippen LogP contribution in [0.15, 0.2) is 60.9 Å². The van der Waals surface area contributed by atoms with E-state index in [0.717, 1.165) is 22.5 Å². The molecular weight excluding hydrogens is 338 g/mol. The first-order valence-corrected chi connectivity index (χ1v) is 8.79. The van der Waals surface area contributed by atoms with Crippen LogP contribution in [0.25, 0.3) is 11.0 Å². The second kappa shape index (κ2) is 7.33. The molecule has 2 aromatic heterocycles. The zero-order valence-electron chi connectivity index (χ0n) is 15.0. The standard InChI is InChI=1S/C20H21N7/c1-13(15-5-3-2-4-6-15)25-18-17-19(26-27-20(17)24-12-23-18)22-11-14-7-9-16(21)10-8-14/h2-10,12-13H,11,21H2,1H3,(H3,22,23,24,25,26,27). The van der Waals surface area contributed by atoms with E-state index >= 15 is 0 Å². The van der Waals surface area contributed by atoms with Crippen molar-refractivity contribution in [2.75, 3.05) is 16.4 Å². The van der Waals surface area contributed by atoms with E-state index in [1.807, 2.05) is 42.5 Å². The Morgan fingerprint density at radius 1 is 1.00 bits per heavy atom. The second-order valence-corrected chi connectivity index (χ2v) is 6.39. The highest BCUT2D eigenvalue weighted by atomic mass is 15.2. The molecule has 0 aliphatic heterocycles. The van der Waals surface area contributed by atoms with Gasteiger partial charge in [-0.05, 0) is 30.2 Å². The van der Waals surface area contributed by atoms with Gasteiger partial charge in [0.05, 0.1) is 0 Å². The summed E-state index contributed by atoms with van der Waals surface area (Å²) in [6.07, 6.45) is 1.53. The Bertz CT molecular complexity index is 1030. The lowest BCUT2D eigenvalue weighted by atomic mass is 10.1. The predicted molar refractivity (Wildman–Crippen MR) is 108 cm³/mol. The molecule has 0 amide bonds. The molecule has 7 heteroatoms. The molecule has 5 N–H and O–H groups in total. The van der Waals surface area contributed by atoms with Crippen molar-refractivity contribution in [3.63, 3.8) is 0 Å². The number of nitrogens with zero attached hydrogens (tertiary/aromatic N) is 3. The molecule has 1 atom stereocenters. The van der Waals surface area contributed by atoms with E-state index in [4.69, 9.17) is 5.73 Å². The highest BCUT2D eigenvalue weighted by Gasteiger charge is 2.15. The molecule has 0 spiro atoms. The fourth-order valence-corrected chi connectivity index (χ4v) is 2.95. The number of H-pyrrole nitrogens is 1. The van der Waals surface area contributed by atoms with Gasteiger partial charge in [0.15, 0.2) is 11.5 Å². The van der Waals surface area contributed by atoms with Gasteiger partial charge in [0, 0.05) is 18.3 Å². The minimum atomic E-state index is 0.101. The molecule has 1 unspecified atom stereocenters. The third-order valence-electron chi connectivity index (χ3n) is 4.45. The molecule has 0 bridgehead atoms. The number of nitrogens with two attached hydrogens (primary N) is 1. The van der Waals surface area contributed by atoms with Crippen LogP contribution in [-0.4, -0.2) is 20.2 Å². The molecular formula is C20H21N7.